The summed E-state index contributed by atoms with van der Waals surface area (Å²) in [5.41, 5.74) is 3.70. The van der Waals surface area contributed by atoms with Gasteiger partial charge >= 0.3 is 6.09 Å². The Kier molecular flexibility index (Phi) is 6.14. The van der Waals surface area contributed by atoms with Gasteiger partial charge in [0.15, 0.2) is 0 Å². The van der Waals surface area contributed by atoms with E-state index in [0.717, 1.165) is 48.4 Å². The van der Waals surface area contributed by atoms with E-state index in [4.69, 9.17) is 21.5 Å². The summed E-state index contributed by atoms with van der Waals surface area (Å²) in [5.74, 6) is 0. The third kappa shape index (κ3) is 4.66. The van der Waals surface area contributed by atoms with Crippen LogP contribution in [0.25, 0.3) is 0 Å². The van der Waals surface area contributed by atoms with Gasteiger partial charge in [-0.1, -0.05) is 35.9 Å². The number of piperidine rings is 1. The number of hydrogen-bond donors (Lipinski definition) is 1. The van der Waals surface area contributed by atoms with Crippen LogP contribution in [-0.4, -0.2) is 38.9 Å². The minimum Gasteiger partial charge on any atom is -0.444 e. The topological polar surface area (TPSA) is 92.9 Å². The van der Waals surface area contributed by atoms with Crippen LogP contribution < -0.4 is 14.9 Å². The maximum absolute atomic E-state index is 12.5. The van der Waals surface area contributed by atoms with E-state index in [9.17, 15) is 13.2 Å². The first-order valence-corrected chi connectivity index (χ1v) is 12.3. The van der Waals surface area contributed by atoms with Crippen LogP contribution >= 0.6 is 11.6 Å². The normalized spacial score (nSPS) is 18.5. The zero-order valence-electron chi connectivity index (χ0n) is 17.3. The van der Waals surface area contributed by atoms with Crippen molar-refractivity contribution in [3.8, 4) is 0 Å². The molecule has 1 unspecified atom stereocenters. The lowest BCUT2D eigenvalue weighted by molar-refractivity contribution is 0.137. The average Bonchev–Trinajstić information content (AvgIpc) is 2.73. The zero-order valence-corrected chi connectivity index (χ0v) is 18.9. The van der Waals surface area contributed by atoms with Crippen molar-refractivity contribution in [1.82, 2.24) is 0 Å². The van der Waals surface area contributed by atoms with Crippen molar-refractivity contribution in [3.63, 3.8) is 0 Å². The Morgan fingerprint density at radius 3 is 2.55 bits per heavy atom. The number of para-hydroxylation sites is 1. The second-order valence-electron chi connectivity index (χ2n) is 8.16. The van der Waals surface area contributed by atoms with Crippen LogP contribution in [0, 0.1) is 0 Å². The molecule has 0 radical (unpaired) electrons. The summed E-state index contributed by atoms with van der Waals surface area (Å²) in [7, 11) is -3.58. The fourth-order valence-corrected chi connectivity index (χ4v) is 5.02. The zero-order chi connectivity index (χ0) is 22.2. The van der Waals surface area contributed by atoms with Crippen LogP contribution in [0.15, 0.2) is 42.5 Å². The molecule has 2 aromatic carbocycles. The van der Waals surface area contributed by atoms with Gasteiger partial charge in [0.25, 0.3) is 0 Å². The molecule has 2 N–H and O–H groups in total. The second kappa shape index (κ2) is 8.68. The van der Waals surface area contributed by atoms with Crippen molar-refractivity contribution < 1.29 is 17.9 Å². The van der Waals surface area contributed by atoms with Gasteiger partial charge in [-0.25, -0.2) is 18.4 Å². The van der Waals surface area contributed by atoms with Gasteiger partial charge in [-0.3, -0.25) is 4.90 Å². The fraction of sp³-hybridized carbons (Fsp3) is 0.409. The van der Waals surface area contributed by atoms with Crippen molar-refractivity contribution in [3.05, 3.63) is 58.6 Å². The van der Waals surface area contributed by atoms with Crippen LogP contribution in [0.5, 0.6) is 0 Å². The van der Waals surface area contributed by atoms with Crippen LogP contribution in [0.1, 0.15) is 30.9 Å². The average molecular weight is 464 g/mol. The van der Waals surface area contributed by atoms with E-state index in [1.54, 1.807) is 11.8 Å². The third-order valence-electron chi connectivity index (χ3n) is 6.07. The minimum absolute atomic E-state index is 0.0684. The molecular weight excluding hydrogens is 438 g/mol. The molecule has 4 rings (SSSR count). The summed E-state index contributed by atoms with van der Waals surface area (Å²) < 4.78 is 28.4. The second-order valence-corrected chi connectivity index (χ2v) is 10.6. The van der Waals surface area contributed by atoms with Crippen molar-refractivity contribution in [1.29, 1.82) is 0 Å². The number of fused-ring (bicyclic) bond motifs is 1. The molecule has 1 fully saturated rings. The first kappa shape index (κ1) is 21.9. The van der Waals surface area contributed by atoms with Crippen molar-refractivity contribution in [2.45, 2.75) is 44.1 Å². The van der Waals surface area contributed by atoms with Crippen LogP contribution in [0.2, 0.25) is 5.02 Å². The molecule has 1 saturated heterocycles. The largest absolute Gasteiger partial charge is 0.444 e. The number of cyclic esters (lactones) is 1. The number of anilines is 2. The van der Waals surface area contributed by atoms with Crippen molar-refractivity contribution in [2.24, 2.45) is 5.14 Å². The lowest BCUT2D eigenvalue weighted by atomic mass is 10.00. The van der Waals surface area contributed by atoms with Gasteiger partial charge in [-0.05, 0) is 49.9 Å². The standard InChI is InChI=1S/C22H26ClN3O4S/c1-15(31(24,28)29)12-16-6-7-21(19(23)13-16)25-10-8-18(9-11-25)26-20-5-3-2-4-17(20)14-30-22(26)27/h2-7,13,15,18H,8-12,14H2,1H3,(H2,24,28,29). The highest BCUT2D eigenvalue weighted by atomic mass is 35.5. The molecule has 2 heterocycles. The Morgan fingerprint density at radius 1 is 1.16 bits per heavy atom. The Balaban J connectivity index is 1.44. The van der Waals surface area contributed by atoms with E-state index >= 15 is 0 Å². The monoisotopic (exact) mass is 463 g/mol. The van der Waals surface area contributed by atoms with E-state index in [1.165, 1.54) is 0 Å². The number of primary sulfonamides is 1. The van der Waals surface area contributed by atoms with Crippen LogP contribution in [0.3, 0.4) is 0 Å². The molecule has 1 amide bonds. The van der Waals surface area contributed by atoms with Gasteiger partial charge in [0.05, 0.1) is 21.6 Å². The number of carbonyl (C=O) groups is 1. The molecule has 31 heavy (non-hydrogen) atoms. The molecule has 7 nitrogen and oxygen atoms in total. The highest BCUT2D eigenvalue weighted by molar-refractivity contribution is 7.89. The molecule has 2 aromatic rings. The third-order valence-corrected chi connectivity index (χ3v) is 7.66. The highest BCUT2D eigenvalue weighted by Gasteiger charge is 2.34. The van der Waals surface area contributed by atoms with Crippen molar-refractivity contribution in [2.75, 3.05) is 22.9 Å². The quantitative estimate of drug-likeness (QED) is 0.730. The number of halogens is 1. The molecule has 0 bridgehead atoms. The number of nitrogens with zero attached hydrogens (tertiary/aromatic N) is 2. The van der Waals surface area contributed by atoms with E-state index in [-0.39, 0.29) is 12.1 Å². The van der Waals surface area contributed by atoms with E-state index in [2.05, 4.69) is 4.90 Å². The number of hydrogen-bond acceptors (Lipinski definition) is 5. The molecular formula is C22H26ClN3O4S. The maximum Gasteiger partial charge on any atom is 0.414 e. The molecule has 2 aliphatic rings. The number of carbonyl (C=O) groups excluding carboxylic acids is 1. The summed E-state index contributed by atoms with van der Waals surface area (Å²) in [6, 6.07) is 13.6. The van der Waals surface area contributed by atoms with Gasteiger partial charge < -0.3 is 9.64 Å². The predicted octanol–water partition coefficient (Wildman–Crippen LogP) is 3.69. The van der Waals surface area contributed by atoms with Gasteiger partial charge in [-0.2, -0.15) is 0 Å². The van der Waals surface area contributed by atoms with E-state index in [1.807, 2.05) is 42.5 Å². The number of benzene rings is 2. The van der Waals surface area contributed by atoms with Gasteiger partial charge in [0, 0.05) is 24.7 Å². The Bertz CT molecular complexity index is 1080. The molecule has 9 heteroatoms. The van der Waals surface area contributed by atoms with Gasteiger partial charge in [0.1, 0.15) is 6.61 Å². The molecule has 0 aliphatic carbocycles. The number of rotatable bonds is 5. The summed E-state index contributed by atoms with van der Waals surface area (Å²) in [5, 5.41) is 5.13. The Labute approximate surface area is 187 Å². The molecule has 1 atom stereocenters. The Morgan fingerprint density at radius 2 is 1.87 bits per heavy atom. The SMILES string of the molecule is CC(Cc1ccc(N2CCC(N3C(=O)OCc4ccccc43)CC2)c(Cl)c1)S(N)(=O)=O. The minimum atomic E-state index is -3.58. The maximum atomic E-state index is 12.5. The first-order chi connectivity index (χ1) is 14.7. The lowest BCUT2D eigenvalue weighted by Gasteiger charge is -2.41. The van der Waals surface area contributed by atoms with Gasteiger partial charge in [0.2, 0.25) is 10.0 Å². The number of sulfonamides is 1. The van der Waals surface area contributed by atoms with Crippen molar-refractivity contribution >= 4 is 39.1 Å². The molecule has 166 valence electrons. The van der Waals surface area contributed by atoms with Crippen LogP contribution in [0.4, 0.5) is 16.2 Å². The predicted molar refractivity (Wildman–Crippen MR) is 122 cm³/mol. The summed E-state index contributed by atoms with van der Waals surface area (Å²) in [6.07, 6.45) is 1.62. The molecule has 0 spiro atoms. The fourth-order valence-electron chi connectivity index (χ4n) is 4.27. The number of amides is 1. The summed E-state index contributed by atoms with van der Waals surface area (Å²) in [4.78, 5) is 16.5. The lowest BCUT2D eigenvalue weighted by Crippen LogP contribution is -2.49. The smallest absolute Gasteiger partial charge is 0.414 e. The van der Waals surface area contributed by atoms with E-state index in [0.29, 0.717) is 18.1 Å². The molecule has 0 saturated carbocycles. The molecule has 2 aliphatic heterocycles. The Hall–Kier alpha value is -2.29. The summed E-state index contributed by atoms with van der Waals surface area (Å²) in [6.45, 7) is 3.41. The first-order valence-electron chi connectivity index (χ1n) is 10.3. The molecule has 0 aromatic heterocycles. The van der Waals surface area contributed by atoms with E-state index < -0.39 is 15.3 Å². The number of nitrogens with two attached hydrogens (primary N) is 1. The number of ether oxygens (including phenoxy) is 1. The highest BCUT2D eigenvalue weighted by Crippen LogP contribution is 2.34. The summed E-state index contributed by atoms with van der Waals surface area (Å²) >= 11 is 6.53. The van der Waals surface area contributed by atoms with Crippen LogP contribution in [-0.2, 0) is 27.8 Å². The van der Waals surface area contributed by atoms with Gasteiger partial charge in [-0.15, -0.1) is 0 Å².